The molecule has 6 heteroatoms. The lowest BCUT2D eigenvalue weighted by Gasteiger charge is -2.09. The summed E-state index contributed by atoms with van der Waals surface area (Å²) in [5.41, 5.74) is 0.691. The van der Waals surface area contributed by atoms with Crippen molar-refractivity contribution < 1.29 is 4.52 Å². The molecule has 2 aromatic heterocycles. The van der Waals surface area contributed by atoms with Crippen LogP contribution in [0.3, 0.4) is 0 Å². The van der Waals surface area contributed by atoms with Crippen LogP contribution in [0.4, 0.5) is 0 Å². The van der Waals surface area contributed by atoms with Gasteiger partial charge < -0.3 is 9.84 Å². The second kappa shape index (κ2) is 6.38. The van der Waals surface area contributed by atoms with Crippen molar-refractivity contribution in [1.82, 2.24) is 25.4 Å². The lowest BCUT2D eigenvalue weighted by molar-refractivity contribution is 0.362. The third-order valence-corrected chi connectivity index (χ3v) is 2.70. The minimum absolute atomic E-state index is 0.320. The van der Waals surface area contributed by atoms with E-state index < -0.39 is 0 Å². The van der Waals surface area contributed by atoms with Gasteiger partial charge in [0.2, 0.25) is 11.7 Å². The fraction of sp³-hybridized carbons (Fsp3) is 0.538. The Morgan fingerprint density at radius 1 is 1.37 bits per heavy atom. The monoisotopic (exact) mass is 261 g/mol. The van der Waals surface area contributed by atoms with Gasteiger partial charge in [0.05, 0.1) is 0 Å². The molecule has 2 heterocycles. The predicted octanol–water partition coefficient (Wildman–Crippen LogP) is 1.77. The van der Waals surface area contributed by atoms with Crippen LogP contribution in [0.1, 0.15) is 32.0 Å². The number of rotatable bonds is 6. The molecule has 0 aliphatic rings. The summed E-state index contributed by atoms with van der Waals surface area (Å²) in [6.07, 6.45) is 3.52. The third kappa shape index (κ3) is 3.82. The van der Waals surface area contributed by atoms with E-state index in [1.54, 1.807) is 12.3 Å². The quantitative estimate of drug-likeness (QED) is 0.854. The van der Waals surface area contributed by atoms with Crippen LogP contribution in [-0.2, 0) is 6.42 Å². The van der Waals surface area contributed by atoms with Gasteiger partial charge in [0, 0.05) is 18.7 Å². The highest BCUT2D eigenvalue weighted by atomic mass is 16.5. The minimum Gasteiger partial charge on any atom is -0.339 e. The van der Waals surface area contributed by atoms with Crippen molar-refractivity contribution in [3.63, 3.8) is 0 Å². The van der Waals surface area contributed by atoms with Gasteiger partial charge in [-0.2, -0.15) is 4.98 Å². The maximum atomic E-state index is 5.25. The first kappa shape index (κ1) is 13.6. The Kier molecular flexibility index (Phi) is 4.57. The van der Waals surface area contributed by atoms with Gasteiger partial charge in [-0.25, -0.2) is 9.97 Å². The average Bonchev–Trinajstić information content (AvgIpc) is 2.85. The van der Waals surface area contributed by atoms with Gasteiger partial charge in [0.15, 0.2) is 0 Å². The fourth-order valence-electron chi connectivity index (χ4n) is 1.75. The SMILES string of the molecule is CCCNC(C)Cc1nc(-c2ccnc(C)n2)no1. The molecule has 0 aromatic carbocycles. The standard InChI is InChI=1S/C13H19N5O/c1-4-6-14-9(2)8-12-17-13(18-19-12)11-5-7-15-10(3)16-11/h5,7,9,14H,4,6,8H2,1-3H3. The molecule has 1 unspecified atom stereocenters. The topological polar surface area (TPSA) is 76.7 Å². The van der Waals surface area contributed by atoms with E-state index in [1.165, 1.54) is 0 Å². The van der Waals surface area contributed by atoms with Crippen molar-refractivity contribution in [2.45, 2.75) is 39.7 Å². The van der Waals surface area contributed by atoms with E-state index in [4.69, 9.17) is 4.52 Å². The number of hydrogen-bond donors (Lipinski definition) is 1. The van der Waals surface area contributed by atoms with Crippen molar-refractivity contribution in [2.75, 3.05) is 6.54 Å². The van der Waals surface area contributed by atoms with Gasteiger partial charge in [-0.1, -0.05) is 12.1 Å². The van der Waals surface area contributed by atoms with Crippen molar-refractivity contribution in [3.8, 4) is 11.5 Å². The number of aromatic nitrogens is 4. The van der Waals surface area contributed by atoms with E-state index in [0.29, 0.717) is 29.3 Å². The van der Waals surface area contributed by atoms with E-state index in [2.05, 4.69) is 39.3 Å². The Morgan fingerprint density at radius 2 is 2.21 bits per heavy atom. The third-order valence-electron chi connectivity index (χ3n) is 2.70. The first-order valence-electron chi connectivity index (χ1n) is 6.55. The van der Waals surface area contributed by atoms with Crippen molar-refractivity contribution in [1.29, 1.82) is 0 Å². The van der Waals surface area contributed by atoms with E-state index in [0.717, 1.165) is 19.4 Å². The summed E-state index contributed by atoms with van der Waals surface area (Å²) in [5.74, 6) is 1.84. The maximum Gasteiger partial charge on any atom is 0.228 e. The van der Waals surface area contributed by atoms with Crippen LogP contribution in [0, 0.1) is 6.92 Å². The molecular formula is C13H19N5O. The molecular weight excluding hydrogens is 242 g/mol. The summed E-state index contributed by atoms with van der Waals surface area (Å²) in [4.78, 5) is 12.7. The van der Waals surface area contributed by atoms with Crippen LogP contribution in [0.15, 0.2) is 16.8 Å². The molecule has 0 saturated carbocycles. The molecule has 6 nitrogen and oxygen atoms in total. The molecule has 1 N–H and O–H groups in total. The number of aryl methyl sites for hydroxylation is 1. The Hall–Kier alpha value is -1.82. The first-order chi connectivity index (χ1) is 9.19. The molecule has 2 aromatic rings. The smallest absolute Gasteiger partial charge is 0.228 e. The van der Waals surface area contributed by atoms with E-state index in [-0.39, 0.29) is 0 Å². The van der Waals surface area contributed by atoms with Gasteiger partial charge in [-0.3, -0.25) is 0 Å². The molecule has 2 rings (SSSR count). The lowest BCUT2D eigenvalue weighted by atomic mass is 10.2. The fourth-order valence-corrected chi connectivity index (χ4v) is 1.75. The van der Waals surface area contributed by atoms with Gasteiger partial charge in [-0.15, -0.1) is 0 Å². The molecule has 0 aliphatic carbocycles. The van der Waals surface area contributed by atoms with Gasteiger partial charge in [0.1, 0.15) is 11.5 Å². The molecule has 0 bridgehead atoms. The van der Waals surface area contributed by atoms with Gasteiger partial charge >= 0.3 is 0 Å². The summed E-state index contributed by atoms with van der Waals surface area (Å²) in [6.45, 7) is 7.07. The minimum atomic E-state index is 0.320. The second-order valence-electron chi connectivity index (χ2n) is 4.56. The Morgan fingerprint density at radius 3 is 2.95 bits per heavy atom. The Bertz CT molecular complexity index is 525. The summed E-state index contributed by atoms with van der Waals surface area (Å²) in [6, 6.07) is 2.10. The van der Waals surface area contributed by atoms with Crippen molar-refractivity contribution >= 4 is 0 Å². The zero-order chi connectivity index (χ0) is 13.7. The molecule has 0 spiro atoms. The number of nitrogens with zero attached hydrogens (tertiary/aromatic N) is 4. The molecule has 0 amide bonds. The molecule has 102 valence electrons. The van der Waals surface area contributed by atoms with Crippen LogP contribution in [0.2, 0.25) is 0 Å². The predicted molar refractivity (Wildman–Crippen MR) is 71.5 cm³/mol. The van der Waals surface area contributed by atoms with Crippen LogP contribution >= 0.6 is 0 Å². The molecule has 1 atom stereocenters. The molecule has 19 heavy (non-hydrogen) atoms. The maximum absolute atomic E-state index is 5.25. The van der Waals surface area contributed by atoms with Crippen LogP contribution in [0.25, 0.3) is 11.5 Å². The number of nitrogens with one attached hydrogen (secondary N) is 1. The number of hydrogen-bond acceptors (Lipinski definition) is 6. The zero-order valence-corrected chi connectivity index (χ0v) is 11.6. The summed E-state index contributed by atoms with van der Waals surface area (Å²) < 4.78 is 5.25. The van der Waals surface area contributed by atoms with Crippen LogP contribution in [0.5, 0.6) is 0 Å². The second-order valence-corrected chi connectivity index (χ2v) is 4.56. The van der Waals surface area contributed by atoms with Crippen LogP contribution < -0.4 is 5.32 Å². The largest absolute Gasteiger partial charge is 0.339 e. The molecule has 0 fully saturated rings. The average molecular weight is 261 g/mol. The van der Waals surface area contributed by atoms with Crippen molar-refractivity contribution in [3.05, 3.63) is 24.0 Å². The normalized spacial score (nSPS) is 12.6. The summed E-state index contributed by atoms with van der Waals surface area (Å²) >= 11 is 0. The lowest BCUT2D eigenvalue weighted by Crippen LogP contribution is -2.28. The van der Waals surface area contributed by atoms with Gasteiger partial charge in [0.25, 0.3) is 0 Å². The highest BCUT2D eigenvalue weighted by Gasteiger charge is 2.12. The zero-order valence-electron chi connectivity index (χ0n) is 11.6. The first-order valence-corrected chi connectivity index (χ1v) is 6.55. The highest BCUT2D eigenvalue weighted by Crippen LogP contribution is 2.13. The molecule has 0 saturated heterocycles. The molecule has 0 radical (unpaired) electrons. The van der Waals surface area contributed by atoms with E-state index in [9.17, 15) is 0 Å². The molecule has 0 aliphatic heterocycles. The van der Waals surface area contributed by atoms with Crippen LogP contribution in [-0.4, -0.2) is 32.7 Å². The highest BCUT2D eigenvalue weighted by molar-refractivity contribution is 5.46. The van der Waals surface area contributed by atoms with Crippen molar-refractivity contribution in [2.24, 2.45) is 0 Å². The summed E-state index contributed by atoms with van der Waals surface area (Å²) in [7, 11) is 0. The van der Waals surface area contributed by atoms with E-state index in [1.807, 2.05) is 6.92 Å². The van der Waals surface area contributed by atoms with E-state index >= 15 is 0 Å². The Labute approximate surface area is 112 Å². The Balaban J connectivity index is 2.03. The summed E-state index contributed by atoms with van der Waals surface area (Å²) in [5, 5.41) is 7.34. The van der Waals surface area contributed by atoms with Gasteiger partial charge in [-0.05, 0) is 32.9 Å².